The van der Waals surface area contributed by atoms with Crippen LogP contribution in [0.15, 0.2) is 30.5 Å². The molecule has 1 aliphatic heterocycles. The number of fused-ring (bicyclic) bond motifs is 1. The van der Waals surface area contributed by atoms with Crippen molar-refractivity contribution in [2.75, 3.05) is 13.1 Å². The Morgan fingerprint density at radius 3 is 2.94 bits per heavy atom. The van der Waals surface area contributed by atoms with Crippen LogP contribution >= 0.6 is 0 Å². The van der Waals surface area contributed by atoms with Gasteiger partial charge in [0.05, 0.1) is 11.1 Å². The first-order valence-electron chi connectivity index (χ1n) is 5.98. The minimum Gasteiger partial charge on any atom is -0.338 e. The summed E-state index contributed by atoms with van der Waals surface area (Å²) in [6.45, 7) is 3.57. The van der Waals surface area contributed by atoms with Crippen molar-refractivity contribution in [3.8, 4) is 0 Å². The standard InChI is InChI=1S/C14H13FN2O/c1-9-7-17(8-9)14(18)12-6-11(15)5-10-3-2-4-16-13(10)12/h2-6,9H,7-8H2,1H3. The Morgan fingerprint density at radius 2 is 2.22 bits per heavy atom. The molecule has 1 aromatic heterocycles. The summed E-state index contributed by atoms with van der Waals surface area (Å²) in [6, 6.07) is 6.18. The van der Waals surface area contributed by atoms with Gasteiger partial charge in [0.25, 0.3) is 5.91 Å². The van der Waals surface area contributed by atoms with Gasteiger partial charge in [-0.05, 0) is 24.1 Å². The highest BCUT2D eigenvalue weighted by Crippen LogP contribution is 2.23. The van der Waals surface area contributed by atoms with Crippen LogP contribution < -0.4 is 0 Å². The summed E-state index contributed by atoms with van der Waals surface area (Å²) in [5, 5.41) is 0.662. The molecule has 2 heterocycles. The predicted molar refractivity (Wildman–Crippen MR) is 66.8 cm³/mol. The Hall–Kier alpha value is -1.97. The second kappa shape index (κ2) is 4.05. The minimum absolute atomic E-state index is 0.128. The number of hydrogen-bond donors (Lipinski definition) is 0. The van der Waals surface area contributed by atoms with E-state index >= 15 is 0 Å². The molecule has 1 amide bonds. The maximum Gasteiger partial charge on any atom is 0.256 e. The lowest BCUT2D eigenvalue weighted by Crippen LogP contribution is -2.48. The maximum atomic E-state index is 13.5. The molecule has 2 aromatic rings. The lowest BCUT2D eigenvalue weighted by atomic mass is 10.00. The molecule has 0 saturated carbocycles. The summed E-state index contributed by atoms with van der Waals surface area (Å²) in [4.78, 5) is 18.2. The van der Waals surface area contributed by atoms with Crippen molar-refractivity contribution in [3.05, 3.63) is 41.8 Å². The molecule has 3 rings (SSSR count). The second-order valence-electron chi connectivity index (χ2n) is 4.84. The topological polar surface area (TPSA) is 33.2 Å². The summed E-state index contributed by atoms with van der Waals surface area (Å²) in [5.74, 6) is 0.00505. The predicted octanol–water partition coefficient (Wildman–Crippen LogP) is 2.47. The van der Waals surface area contributed by atoms with Gasteiger partial charge in [0.15, 0.2) is 0 Å². The third kappa shape index (κ3) is 1.74. The Morgan fingerprint density at radius 1 is 1.44 bits per heavy atom. The van der Waals surface area contributed by atoms with Gasteiger partial charge in [-0.2, -0.15) is 0 Å². The number of hydrogen-bond acceptors (Lipinski definition) is 2. The maximum absolute atomic E-state index is 13.5. The molecule has 0 bridgehead atoms. The first-order chi connectivity index (χ1) is 8.65. The number of pyridine rings is 1. The Kier molecular flexibility index (Phi) is 2.51. The van der Waals surface area contributed by atoms with Gasteiger partial charge < -0.3 is 4.90 Å². The van der Waals surface area contributed by atoms with Gasteiger partial charge in [0.1, 0.15) is 5.82 Å². The van der Waals surface area contributed by atoms with Crippen LogP contribution in [0.25, 0.3) is 10.9 Å². The van der Waals surface area contributed by atoms with Gasteiger partial charge in [0.2, 0.25) is 0 Å². The molecule has 0 unspecified atom stereocenters. The number of aromatic nitrogens is 1. The van der Waals surface area contributed by atoms with Crippen LogP contribution in [0.3, 0.4) is 0 Å². The highest BCUT2D eigenvalue weighted by molar-refractivity contribution is 6.05. The van der Waals surface area contributed by atoms with Gasteiger partial charge >= 0.3 is 0 Å². The monoisotopic (exact) mass is 244 g/mol. The number of amides is 1. The molecule has 0 spiro atoms. The van der Waals surface area contributed by atoms with Crippen LogP contribution in [0.2, 0.25) is 0 Å². The van der Waals surface area contributed by atoms with Gasteiger partial charge in [-0.15, -0.1) is 0 Å². The molecule has 1 fully saturated rings. The molecule has 1 saturated heterocycles. The SMILES string of the molecule is CC1CN(C(=O)c2cc(F)cc3cccnc23)C1. The first-order valence-corrected chi connectivity index (χ1v) is 5.98. The van der Waals surface area contributed by atoms with Crippen molar-refractivity contribution in [1.29, 1.82) is 0 Å². The molecule has 0 atom stereocenters. The molecular formula is C14H13FN2O. The quantitative estimate of drug-likeness (QED) is 0.772. The van der Waals surface area contributed by atoms with E-state index in [1.54, 1.807) is 23.2 Å². The number of benzene rings is 1. The van der Waals surface area contributed by atoms with Crippen LogP contribution in [0.4, 0.5) is 4.39 Å². The summed E-state index contributed by atoms with van der Waals surface area (Å²) in [5.41, 5.74) is 0.931. The van der Waals surface area contributed by atoms with Crippen molar-refractivity contribution >= 4 is 16.8 Å². The summed E-state index contributed by atoms with van der Waals surface area (Å²) >= 11 is 0. The van der Waals surface area contributed by atoms with E-state index in [9.17, 15) is 9.18 Å². The van der Waals surface area contributed by atoms with Crippen molar-refractivity contribution in [2.45, 2.75) is 6.92 Å². The minimum atomic E-state index is -0.396. The van der Waals surface area contributed by atoms with Crippen LogP contribution in [-0.4, -0.2) is 28.9 Å². The molecular weight excluding hydrogens is 231 g/mol. The van der Waals surface area contributed by atoms with Gasteiger partial charge in [-0.1, -0.05) is 13.0 Å². The zero-order chi connectivity index (χ0) is 12.7. The zero-order valence-electron chi connectivity index (χ0n) is 10.1. The summed E-state index contributed by atoms with van der Waals surface area (Å²) < 4.78 is 13.5. The second-order valence-corrected chi connectivity index (χ2v) is 4.84. The van der Waals surface area contributed by atoms with Crippen molar-refractivity contribution in [2.24, 2.45) is 5.92 Å². The molecule has 4 heteroatoms. The zero-order valence-corrected chi connectivity index (χ0v) is 10.1. The van der Waals surface area contributed by atoms with E-state index < -0.39 is 5.82 Å². The Bertz CT molecular complexity index is 620. The third-order valence-electron chi connectivity index (χ3n) is 3.25. The van der Waals surface area contributed by atoms with E-state index in [4.69, 9.17) is 0 Å². The Labute approximate surface area is 104 Å². The van der Waals surface area contributed by atoms with Gasteiger partial charge in [0, 0.05) is 24.7 Å². The van der Waals surface area contributed by atoms with Crippen molar-refractivity contribution in [3.63, 3.8) is 0 Å². The number of carbonyl (C=O) groups excluding carboxylic acids is 1. The molecule has 18 heavy (non-hydrogen) atoms. The lowest BCUT2D eigenvalue weighted by Gasteiger charge is -2.37. The molecule has 1 aromatic carbocycles. The normalized spacial score (nSPS) is 15.8. The lowest BCUT2D eigenvalue weighted by molar-refractivity contribution is 0.0532. The fourth-order valence-electron chi connectivity index (χ4n) is 2.35. The fourth-order valence-corrected chi connectivity index (χ4v) is 2.35. The van der Waals surface area contributed by atoms with Crippen molar-refractivity contribution < 1.29 is 9.18 Å². The smallest absolute Gasteiger partial charge is 0.256 e. The number of rotatable bonds is 1. The van der Waals surface area contributed by atoms with Gasteiger partial charge in [-0.3, -0.25) is 9.78 Å². The third-order valence-corrected chi connectivity index (χ3v) is 3.25. The average molecular weight is 244 g/mol. The molecule has 3 nitrogen and oxygen atoms in total. The van der Waals surface area contributed by atoms with Crippen LogP contribution in [0, 0.1) is 11.7 Å². The molecule has 0 N–H and O–H groups in total. The van der Waals surface area contributed by atoms with Crippen LogP contribution in [-0.2, 0) is 0 Å². The van der Waals surface area contributed by atoms with E-state index in [0.29, 0.717) is 22.4 Å². The molecule has 0 aliphatic carbocycles. The highest BCUT2D eigenvalue weighted by Gasteiger charge is 2.29. The molecule has 0 radical (unpaired) electrons. The van der Waals surface area contributed by atoms with Gasteiger partial charge in [-0.25, -0.2) is 4.39 Å². The Balaban J connectivity index is 2.08. The van der Waals surface area contributed by atoms with E-state index in [-0.39, 0.29) is 5.91 Å². The molecule has 1 aliphatic rings. The van der Waals surface area contributed by atoms with E-state index in [2.05, 4.69) is 11.9 Å². The van der Waals surface area contributed by atoms with Crippen LogP contribution in [0.5, 0.6) is 0 Å². The van der Waals surface area contributed by atoms with Crippen molar-refractivity contribution in [1.82, 2.24) is 9.88 Å². The fraction of sp³-hybridized carbons (Fsp3) is 0.286. The number of nitrogens with zero attached hydrogens (tertiary/aromatic N) is 2. The highest BCUT2D eigenvalue weighted by atomic mass is 19.1. The number of halogens is 1. The summed E-state index contributed by atoms with van der Waals surface area (Å²) in [6.07, 6.45) is 1.62. The first kappa shape index (κ1) is 11.1. The van der Waals surface area contributed by atoms with E-state index in [0.717, 1.165) is 13.1 Å². The van der Waals surface area contributed by atoms with E-state index in [1.807, 2.05) is 0 Å². The number of carbonyl (C=O) groups is 1. The largest absolute Gasteiger partial charge is 0.338 e. The van der Waals surface area contributed by atoms with Crippen LogP contribution in [0.1, 0.15) is 17.3 Å². The summed E-state index contributed by atoms with van der Waals surface area (Å²) in [7, 11) is 0. The molecule has 92 valence electrons. The average Bonchev–Trinajstić information content (AvgIpc) is 2.33. The van der Waals surface area contributed by atoms with E-state index in [1.165, 1.54) is 12.1 Å². The number of likely N-dealkylation sites (tertiary alicyclic amines) is 1.